The van der Waals surface area contributed by atoms with E-state index in [1.165, 1.54) is 70.6 Å². The zero-order valence-electron chi connectivity index (χ0n) is 38.4. The van der Waals surface area contributed by atoms with Crippen molar-refractivity contribution in [2.24, 2.45) is 0 Å². The number of carbonyl (C=O) groups is 4. The number of aliphatic carboxylic acids is 2. The lowest BCUT2D eigenvalue weighted by Gasteiger charge is -2.12. The molecule has 0 fully saturated rings. The van der Waals surface area contributed by atoms with E-state index < -0.39 is 11.9 Å². The maximum Gasteiger partial charge on any atom is 0.304 e. The van der Waals surface area contributed by atoms with Gasteiger partial charge in [0.1, 0.15) is 11.3 Å². The molecule has 0 aliphatic rings. The summed E-state index contributed by atoms with van der Waals surface area (Å²) >= 11 is 7.92. The Hall–Kier alpha value is -2.68. The monoisotopic (exact) mass is 975 g/mol. The van der Waals surface area contributed by atoms with Crippen LogP contribution in [0.2, 0.25) is 0 Å². The lowest BCUT2D eigenvalue weighted by Crippen LogP contribution is -2.78. The van der Waals surface area contributed by atoms with Crippen LogP contribution < -0.4 is 21.3 Å². The Bertz CT molecular complexity index is 1450. The van der Waals surface area contributed by atoms with E-state index in [0.29, 0.717) is 69.8 Å². The highest BCUT2D eigenvalue weighted by atomic mass is 33.1. The second kappa shape index (κ2) is 46.8. The topological polar surface area (TPSA) is 198 Å². The molecule has 0 heterocycles. The van der Waals surface area contributed by atoms with E-state index in [1.807, 2.05) is 48.5 Å². The molecule has 2 rings (SSSR count). The number of nitrogens with two attached hydrogens (primary N) is 1. The predicted molar refractivity (Wildman–Crippen MR) is 270 cm³/mol. The van der Waals surface area contributed by atoms with Crippen molar-refractivity contribution in [3.63, 3.8) is 0 Å². The number of rotatable bonds is 39. The molecule has 14 nitrogen and oxygen atoms in total. The minimum Gasteiger partial charge on any atom is -0.481 e. The molecule has 0 aliphatic carbocycles. The van der Waals surface area contributed by atoms with Crippen molar-refractivity contribution in [2.75, 3.05) is 108 Å². The molecule has 0 atom stereocenters. The molecular formula is C46H79N4O10S4+. The lowest BCUT2D eigenvalue weighted by atomic mass is 10.1. The summed E-state index contributed by atoms with van der Waals surface area (Å²) in [7, 11) is 6.70. The normalized spacial score (nSPS) is 10.6. The first-order chi connectivity index (χ1) is 31.2. The number of thiol groups is 2. The van der Waals surface area contributed by atoms with Gasteiger partial charge in [-0.05, 0) is 62.1 Å². The predicted octanol–water partition coefficient (Wildman–Crippen LogP) is 7.62. The van der Waals surface area contributed by atoms with Gasteiger partial charge in [0.05, 0.1) is 64.6 Å². The highest BCUT2D eigenvalue weighted by Crippen LogP contribution is 2.24. The van der Waals surface area contributed by atoms with Gasteiger partial charge >= 0.3 is 11.9 Å². The zero-order chi connectivity index (χ0) is 47.1. The number of carboxylic acid groups (broad SMARTS) is 2. The van der Waals surface area contributed by atoms with Gasteiger partial charge in [0.25, 0.3) is 11.8 Å². The van der Waals surface area contributed by atoms with E-state index >= 15 is 0 Å². The molecule has 0 unspecified atom stereocenters. The Balaban J connectivity index is 0.00000112. The average molecular weight is 976 g/mol. The molecule has 0 spiro atoms. The van der Waals surface area contributed by atoms with E-state index in [4.69, 9.17) is 29.2 Å². The number of unbranched alkanes of at least 4 members (excludes halogenated alkanes) is 10. The van der Waals surface area contributed by atoms with Crippen LogP contribution in [0, 0.1) is 0 Å². The summed E-state index contributed by atoms with van der Waals surface area (Å²) in [4.78, 5) is 44.8. The molecule has 2 aromatic rings. The summed E-state index contributed by atoms with van der Waals surface area (Å²) in [6, 6.07) is 15.4. The Morgan fingerprint density at radius 2 is 1.08 bits per heavy atom. The molecule has 0 saturated carbocycles. The maximum absolute atomic E-state index is 12.4. The first-order valence-corrected chi connectivity index (χ1v) is 26.3. The number of hydrogen-bond acceptors (Lipinski definition) is 13. The summed E-state index contributed by atoms with van der Waals surface area (Å²) in [5.74, 6) is 1.54. The number of carbonyl (C=O) groups excluding carboxylic acids is 2. The SMILES string of the molecule is COCCOCCNC(=O)c1ccccc1NCCCCCCCCSSCCC(=O)O.COCCOCCNC(=O)c1ccccc1[NH2+]CCCCCCCCS.O=C(O)CCS. The van der Waals surface area contributed by atoms with Gasteiger partial charge < -0.3 is 50.4 Å². The van der Waals surface area contributed by atoms with Crippen molar-refractivity contribution in [1.82, 2.24) is 10.6 Å². The van der Waals surface area contributed by atoms with Gasteiger partial charge in [-0.1, -0.05) is 90.8 Å². The number of hydrogen-bond donors (Lipinski definition) is 8. The highest BCUT2D eigenvalue weighted by Gasteiger charge is 2.13. The molecule has 366 valence electrons. The Kier molecular flexibility index (Phi) is 44.9. The van der Waals surface area contributed by atoms with Crippen molar-refractivity contribution >= 4 is 82.0 Å². The van der Waals surface area contributed by atoms with Crippen LogP contribution in [0.5, 0.6) is 0 Å². The number of anilines is 1. The summed E-state index contributed by atoms with van der Waals surface area (Å²) < 4.78 is 20.6. The van der Waals surface area contributed by atoms with Crippen LogP contribution in [0.15, 0.2) is 48.5 Å². The van der Waals surface area contributed by atoms with Gasteiger partial charge in [0, 0.05) is 56.8 Å². The minimum atomic E-state index is -0.787. The fourth-order valence-corrected chi connectivity index (χ4v) is 8.19. The zero-order valence-corrected chi connectivity index (χ0v) is 41.8. The summed E-state index contributed by atoms with van der Waals surface area (Å²) in [5, 5.41) is 27.8. The van der Waals surface area contributed by atoms with Crippen molar-refractivity contribution in [1.29, 1.82) is 0 Å². The summed E-state index contributed by atoms with van der Waals surface area (Å²) in [6.45, 7) is 5.98. The molecule has 18 heteroatoms. The van der Waals surface area contributed by atoms with E-state index in [0.717, 1.165) is 48.0 Å². The van der Waals surface area contributed by atoms with Gasteiger partial charge in [-0.2, -0.15) is 25.3 Å². The quantitative estimate of drug-likeness (QED) is 0.0141. The number of ether oxygens (including phenoxy) is 4. The maximum atomic E-state index is 12.4. The van der Waals surface area contributed by atoms with Crippen LogP contribution in [0.3, 0.4) is 0 Å². The third-order valence-corrected chi connectivity index (χ3v) is 12.1. The largest absolute Gasteiger partial charge is 0.481 e. The molecule has 2 amide bonds. The number of amides is 2. The van der Waals surface area contributed by atoms with Crippen LogP contribution in [0.4, 0.5) is 11.4 Å². The smallest absolute Gasteiger partial charge is 0.304 e. The van der Waals surface area contributed by atoms with Crippen molar-refractivity contribution in [3.8, 4) is 0 Å². The third-order valence-electron chi connectivity index (χ3n) is 9.06. The second-order valence-corrected chi connectivity index (χ2v) is 18.0. The van der Waals surface area contributed by atoms with Gasteiger partial charge in [0.2, 0.25) is 0 Å². The van der Waals surface area contributed by atoms with Crippen LogP contribution in [0.1, 0.15) is 111 Å². The van der Waals surface area contributed by atoms with Crippen molar-refractivity contribution < 1.29 is 53.7 Å². The molecule has 64 heavy (non-hydrogen) atoms. The number of para-hydroxylation sites is 2. The third kappa shape index (κ3) is 38.6. The Morgan fingerprint density at radius 1 is 0.562 bits per heavy atom. The fraction of sp³-hybridized carbons (Fsp3) is 0.652. The van der Waals surface area contributed by atoms with Crippen LogP contribution in [-0.4, -0.2) is 137 Å². The van der Waals surface area contributed by atoms with Crippen LogP contribution >= 0.6 is 46.8 Å². The van der Waals surface area contributed by atoms with Crippen molar-refractivity contribution in [2.45, 2.75) is 89.9 Å². The van der Waals surface area contributed by atoms with Crippen LogP contribution in [-0.2, 0) is 28.5 Å². The first-order valence-electron chi connectivity index (χ1n) is 22.6. The molecule has 0 saturated heterocycles. The minimum absolute atomic E-state index is 0.0426. The molecule has 0 radical (unpaired) electrons. The fourth-order valence-electron chi connectivity index (χ4n) is 5.65. The molecular weight excluding hydrogens is 897 g/mol. The molecule has 0 bridgehead atoms. The Morgan fingerprint density at radius 3 is 1.66 bits per heavy atom. The standard InChI is InChI=1S/C23H38N2O5S2.C20H34N2O3S.C3H6O2S/c1-29-16-17-30-15-14-25-23(28)20-10-6-7-11-21(20)24-13-8-4-2-3-5-9-18-31-32-19-12-22(26)27;1-24-15-16-25-14-13-22-20(23)18-10-6-7-11-19(18)21-12-8-4-2-3-5-9-17-26;4-3(5)1-2-6/h6-7,10-11,24H,2-5,8-9,12-19H2,1H3,(H,25,28)(H,26,27);6-7,10-11,21,26H,2-5,8-9,12-17H2,1H3,(H,22,23);6H,1-2H2,(H,4,5)/p+1. The summed E-state index contributed by atoms with van der Waals surface area (Å²) in [6.07, 6.45) is 15.0. The molecule has 7 N–H and O–H groups in total. The van der Waals surface area contributed by atoms with E-state index in [2.05, 4.69) is 46.5 Å². The number of carboxylic acids is 2. The van der Waals surface area contributed by atoms with Gasteiger partial charge in [-0.3, -0.25) is 19.2 Å². The molecule has 2 aromatic carbocycles. The molecule has 0 aromatic heterocycles. The van der Waals surface area contributed by atoms with E-state index in [-0.39, 0.29) is 24.7 Å². The van der Waals surface area contributed by atoms with Gasteiger partial charge in [-0.25, -0.2) is 0 Å². The number of nitrogens with one attached hydrogen (secondary N) is 3. The highest BCUT2D eigenvalue weighted by molar-refractivity contribution is 8.76. The van der Waals surface area contributed by atoms with E-state index in [9.17, 15) is 19.2 Å². The van der Waals surface area contributed by atoms with Crippen LogP contribution in [0.25, 0.3) is 0 Å². The van der Waals surface area contributed by atoms with E-state index in [1.54, 1.807) is 35.8 Å². The Labute approximate surface area is 402 Å². The summed E-state index contributed by atoms with van der Waals surface area (Å²) in [5.41, 5.74) is 3.27. The number of benzene rings is 2. The number of methoxy groups -OCH3 is 2. The van der Waals surface area contributed by atoms with Gasteiger partial charge in [-0.15, -0.1) is 0 Å². The van der Waals surface area contributed by atoms with Gasteiger partial charge in [0.15, 0.2) is 0 Å². The molecule has 0 aliphatic heterocycles. The lowest BCUT2D eigenvalue weighted by molar-refractivity contribution is -0.572. The second-order valence-electron chi connectivity index (χ2n) is 14.4. The number of quaternary nitrogens is 1. The first kappa shape index (κ1) is 61.3. The average Bonchev–Trinajstić information content (AvgIpc) is 3.29. The van der Waals surface area contributed by atoms with Crippen molar-refractivity contribution in [3.05, 3.63) is 59.7 Å².